The summed E-state index contributed by atoms with van der Waals surface area (Å²) in [5, 5.41) is 4.64. The van der Waals surface area contributed by atoms with Gasteiger partial charge in [-0.2, -0.15) is 11.8 Å². The molecule has 0 bridgehead atoms. The van der Waals surface area contributed by atoms with Gasteiger partial charge in [0.15, 0.2) is 0 Å². The zero-order valence-corrected chi connectivity index (χ0v) is 14.6. The van der Waals surface area contributed by atoms with Crippen molar-refractivity contribution in [2.45, 2.75) is 57.4 Å². The van der Waals surface area contributed by atoms with Crippen molar-refractivity contribution >= 4 is 17.4 Å². The van der Waals surface area contributed by atoms with E-state index in [1.165, 1.54) is 36.9 Å². The van der Waals surface area contributed by atoms with E-state index in [2.05, 4.69) is 54.6 Å². The van der Waals surface area contributed by atoms with Gasteiger partial charge in [0.2, 0.25) is 0 Å². The third-order valence-corrected chi connectivity index (χ3v) is 5.81. The Hall–Kier alpha value is -0.670. The van der Waals surface area contributed by atoms with Gasteiger partial charge in [-0.3, -0.25) is 0 Å². The van der Waals surface area contributed by atoms with Crippen molar-refractivity contribution in [2.75, 3.05) is 24.2 Å². The predicted molar refractivity (Wildman–Crippen MR) is 96.4 cm³/mol. The van der Waals surface area contributed by atoms with Crippen LogP contribution in [-0.4, -0.2) is 30.6 Å². The lowest BCUT2D eigenvalue weighted by atomic mass is 9.95. The maximum atomic E-state index is 3.74. The van der Waals surface area contributed by atoms with E-state index >= 15 is 0 Å². The molecule has 0 radical (unpaired) electrons. The second-order valence-electron chi connectivity index (χ2n) is 5.93. The zero-order valence-electron chi connectivity index (χ0n) is 13.8. The molecule has 0 aliphatic heterocycles. The van der Waals surface area contributed by atoms with Gasteiger partial charge >= 0.3 is 0 Å². The maximum Gasteiger partial charge on any atom is 0.0366 e. The van der Waals surface area contributed by atoms with E-state index in [4.69, 9.17) is 0 Å². The molecule has 1 saturated carbocycles. The summed E-state index contributed by atoms with van der Waals surface area (Å²) in [6, 6.07) is 9.78. The summed E-state index contributed by atoms with van der Waals surface area (Å²) in [5.41, 5.74) is 2.74. The van der Waals surface area contributed by atoms with Crippen molar-refractivity contribution in [2.24, 2.45) is 0 Å². The minimum atomic E-state index is 0.718. The molecule has 1 fully saturated rings. The van der Waals surface area contributed by atoms with Crippen LogP contribution in [0.3, 0.4) is 0 Å². The number of thioether (sulfide) groups is 1. The number of nitrogens with zero attached hydrogens (tertiary/aromatic N) is 1. The second-order valence-corrected chi connectivity index (χ2v) is 7.07. The van der Waals surface area contributed by atoms with E-state index in [9.17, 15) is 0 Å². The normalized spacial score (nSPS) is 22.2. The van der Waals surface area contributed by atoms with Crippen LogP contribution in [0.2, 0.25) is 0 Å². The quantitative estimate of drug-likeness (QED) is 0.808. The van der Waals surface area contributed by atoms with Gasteiger partial charge in [0.25, 0.3) is 0 Å². The monoisotopic (exact) mass is 306 g/mol. The van der Waals surface area contributed by atoms with E-state index in [1.807, 2.05) is 11.8 Å². The highest BCUT2D eigenvalue weighted by Gasteiger charge is 2.19. The number of anilines is 1. The molecule has 0 spiro atoms. The predicted octanol–water partition coefficient (Wildman–Crippen LogP) is 4.30. The minimum absolute atomic E-state index is 0.718. The van der Waals surface area contributed by atoms with Crippen LogP contribution in [0.15, 0.2) is 24.3 Å². The minimum Gasteiger partial charge on any atom is -0.372 e. The fraction of sp³-hybridized carbons (Fsp3) is 0.667. The lowest BCUT2D eigenvalue weighted by Gasteiger charge is -2.28. The van der Waals surface area contributed by atoms with Crippen LogP contribution in [0.4, 0.5) is 5.69 Å². The number of hydrogen-bond acceptors (Lipinski definition) is 3. The third kappa shape index (κ3) is 4.93. The average molecular weight is 307 g/mol. The van der Waals surface area contributed by atoms with Crippen LogP contribution in [-0.2, 0) is 6.54 Å². The van der Waals surface area contributed by atoms with Crippen LogP contribution < -0.4 is 10.2 Å². The van der Waals surface area contributed by atoms with E-state index < -0.39 is 0 Å². The van der Waals surface area contributed by atoms with Crippen molar-refractivity contribution in [3.63, 3.8) is 0 Å². The SMILES string of the molecule is CCN(CC)c1ccc(CNC2CCC(SC)CC2)cc1. The van der Waals surface area contributed by atoms with Gasteiger partial charge in [-0.1, -0.05) is 12.1 Å². The van der Waals surface area contributed by atoms with Crippen molar-refractivity contribution in [3.8, 4) is 0 Å². The van der Waals surface area contributed by atoms with Crippen molar-refractivity contribution < 1.29 is 0 Å². The molecule has 21 heavy (non-hydrogen) atoms. The number of rotatable bonds is 7. The molecule has 118 valence electrons. The zero-order chi connectivity index (χ0) is 15.1. The molecular formula is C18H30N2S. The van der Waals surface area contributed by atoms with Gasteiger partial charge in [-0.15, -0.1) is 0 Å². The Balaban J connectivity index is 1.79. The molecule has 1 aromatic carbocycles. The number of benzene rings is 1. The first-order valence-electron chi connectivity index (χ1n) is 8.36. The average Bonchev–Trinajstić information content (AvgIpc) is 2.55. The molecule has 0 aromatic heterocycles. The first kappa shape index (κ1) is 16.7. The molecule has 3 heteroatoms. The summed E-state index contributed by atoms with van der Waals surface area (Å²) in [5.74, 6) is 0. The Morgan fingerprint density at radius 3 is 2.19 bits per heavy atom. The molecule has 0 heterocycles. The number of nitrogens with one attached hydrogen (secondary N) is 1. The highest BCUT2D eigenvalue weighted by atomic mass is 32.2. The number of hydrogen-bond donors (Lipinski definition) is 1. The smallest absolute Gasteiger partial charge is 0.0366 e. The van der Waals surface area contributed by atoms with Crippen molar-refractivity contribution in [3.05, 3.63) is 29.8 Å². The standard InChI is InChI=1S/C18H30N2S/c1-4-20(5-2)17-10-6-15(7-11-17)14-19-16-8-12-18(21-3)13-9-16/h6-7,10-11,16,18-19H,4-5,8-9,12-14H2,1-3H3. The van der Waals surface area contributed by atoms with Gasteiger partial charge in [-0.25, -0.2) is 0 Å². The maximum absolute atomic E-state index is 3.74. The van der Waals surface area contributed by atoms with Gasteiger partial charge in [0, 0.05) is 36.6 Å². The van der Waals surface area contributed by atoms with E-state index in [0.717, 1.165) is 30.9 Å². The highest BCUT2D eigenvalue weighted by molar-refractivity contribution is 7.99. The largest absolute Gasteiger partial charge is 0.372 e. The summed E-state index contributed by atoms with van der Waals surface area (Å²) >= 11 is 2.04. The van der Waals surface area contributed by atoms with Crippen LogP contribution in [0.1, 0.15) is 45.1 Å². The lowest BCUT2D eigenvalue weighted by Crippen LogP contribution is -2.33. The lowest BCUT2D eigenvalue weighted by molar-refractivity contribution is 0.379. The molecule has 0 saturated heterocycles. The molecule has 0 amide bonds. The topological polar surface area (TPSA) is 15.3 Å². The third-order valence-electron chi connectivity index (χ3n) is 4.67. The summed E-state index contributed by atoms with van der Waals surface area (Å²) in [6.45, 7) is 7.58. The molecule has 1 N–H and O–H groups in total. The fourth-order valence-electron chi connectivity index (χ4n) is 3.18. The molecule has 2 nitrogen and oxygen atoms in total. The molecule has 0 atom stereocenters. The molecule has 1 aliphatic rings. The Morgan fingerprint density at radius 1 is 1.05 bits per heavy atom. The van der Waals surface area contributed by atoms with E-state index in [1.54, 1.807) is 0 Å². The second kappa shape index (κ2) is 8.70. The van der Waals surface area contributed by atoms with E-state index in [-0.39, 0.29) is 0 Å². The Morgan fingerprint density at radius 2 is 1.67 bits per heavy atom. The van der Waals surface area contributed by atoms with Crippen LogP contribution in [0, 0.1) is 0 Å². The highest BCUT2D eigenvalue weighted by Crippen LogP contribution is 2.27. The van der Waals surface area contributed by atoms with Crippen LogP contribution in [0.25, 0.3) is 0 Å². The molecular weight excluding hydrogens is 276 g/mol. The summed E-state index contributed by atoms with van der Waals surface area (Å²) in [7, 11) is 0. The first-order chi connectivity index (χ1) is 10.3. The van der Waals surface area contributed by atoms with E-state index in [0.29, 0.717) is 0 Å². The van der Waals surface area contributed by atoms with Crippen LogP contribution >= 0.6 is 11.8 Å². The molecule has 0 unspecified atom stereocenters. The van der Waals surface area contributed by atoms with Crippen molar-refractivity contribution in [1.29, 1.82) is 0 Å². The molecule has 1 aromatic rings. The first-order valence-corrected chi connectivity index (χ1v) is 9.65. The summed E-state index contributed by atoms with van der Waals surface area (Å²) in [4.78, 5) is 2.39. The fourth-order valence-corrected chi connectivity index (χ4v) is 3.92. The van der Waals surface area contributed by atoms with Crippen LogP contribution in [0.5, 0.6) is 0 Å². The summed E-state index contributed by atoms with van der Waals surface area (Å²) in [6.07, 6.45) is 7.67. The Kier molecular flexibility index (Phi) is 6.91. The Bertz CT molecular complexity index is 392. The summed E-state index contributed by atoms with van der Waals surface area (Å²) < 4.78 is 0. The van der Waals surface area contributed by atoms with Gasteiger partial charge in [0.1, 0.15) is 0 Å². The van der Waals surface area contributed by atoms with Gasteiger partial charge < -0.3 is 10.2 Å². The van der Waals surface area contributed by atoms with Gasteiger partial charge in [0.05, 0.1) is 0 Å². The van der Waals surface area contributed by atoms with Crippen molar-refractivity contribution in [1.82, 2.24) is 5.32 Å². The van der Waals surface area contributed by atoms with Gasteiger partial charge in [-0.05, 0) is 63.5 Å². The molecule has 2 rings (SSSR count). The molecule has 1 aliphatic carbocycles. The Labute approximate surface area is 134 Å².